The van der Waals surface area contributed by atoms with Gasteiger partial charge in [-0.2, -0.15) is 0 Å². The fourth-order valence-corrected chi connectivity index (χ4v) is 5.94. The van der Waals surface area contributed by atoms with Gasteiger partial charge in [-0.3, -0.25) is 9.69 Å². The average Bonchev–Trinajstić information content (AvgIpc) is 3.54. The van der Waals surface area contributed by atoms with E-state index in [2.05, 4.69) is 4.90 Å². The van der Waals surface area contributed by atoms with Gasteiger partial charge < -0.3 is 24.4 Å². The molecule has 0 radical (unpaired) electrons. The molecule has 8 heteroatoms. The minimum Gasteiger partial charge on any atom is -0.445 e. The monoisotopic (exact) mass is 471 g/mol. The van der Waals surface area contributed by atoms with E-state index >= 15 is 0 Å². The van der Waals surface area contributed by atoms with Gasteiger partial charge in [0.1, 0.15) is 12.6 Å². The molecule has 1 aromatic carbocycles. The molecule has 5 rings (SSSR count). The first-order valence-electron chi connectivity index (χ1n) is 12.7. The molecule has 1 saturated carbocycles. The third-order valence-electron chi connectivity index (χ3n) is 8.39. The summed E-state index contributed by atoms with van der Waals surface area (Å²) in [6.45, 7) is 7.35. The Balaban J connectivity index is 1.14. The van der Waals surface area contributed by atoms with Crippen LogP contribution >= 0.6 is 0 Å². The van der Waals surface area contributed by atoms with Crippen LogP contribution in [-0.4, -0.2) is 88.5 Å². The van der Waals surface area contributed by atoms with E-state index in [9.17, 15) is 14.7 Å². The number of fused-ring (bicyclic) bond motifs is 1. The Morgan fingerprint density at radius 3 is 2.71 bits per heavy atom. The minimum atomic E-state index is -0.834. The second-order valence-corrected chi connectivity index (χ2v) is 10.8. The lowest BCUT2D eigenvalue weighted by Gasteiger charge is -2.47. The molecule has 3 saturated heterocycles. The average molecular weight is 472 g/mol. The van der Waals surface area contributed by atoms with Crippen molar-refractivity contribution >= 4 is 12.0 Å². The number of carbonyl (C=O) groups excluding carboxylic acids is 2. The maximum atomic E-state index is 13.4. The second-order valence-electron chi connectivity index (χ2n) is 10.8. The smallest absolute Gasteiger partial charge is 0.410 e. The molecule has 1 aliphatic carbocycles. The molecule has 4 fully saturated rings. The van der Waals surface area contributed by atoms with Gasteiger partial charge in [0.15, 0.2) is 5.72 Å². The van der Waals surface area contributed by atoms with Crippen LogP contribution in [0.3, 0.4) is 0 Å². The van der Waals surface area contributed by atoms with E-state index in [1.165, 1.54) is 17.7 Å². The Labute approximate surface area is 201 Å². The summed E-state index contributed by atoms with van der Waals surface area (Å²) in [7, 11) is 0. The van der Waals surface area contributed by atoms with Crippen molar-refractivity contribution in [3.8, 4) is 0 Å². The van der Waals surface area contributed by atoms with Crippen LogP contribution in [0.15, 0.2) is 30.3 Å². The summed E-state index contributed by atoms with van der Waals surface area (Å²) in [5.41, 5.74) is 0.298. The molecule has 0 aromatic heterocycles. The Morgan fingerprint density at radius 1 is 1.24 bits per heavy atom. The number of hydrogen-bond acceptors (Lipinski definition) is 6. The van der Waals surface area contributed by atoms with E-state index < -0.39 is 17.9 Å². The zero-order valence-electron chi connectivity index (χ0n) is 20.3. The van der Waals surface area contributed by atoms with Crippen LogP contribution in [-0.2, 0) is 20.9 Å². The molecule has 1 spiro atoms. The van der Waals surface area contributed by atoms with Crippen molar-refractivity contribution in [3.05, 3.63) is 35.9 Å². The molecule has 2 amide bonds. The molecule has 186 valence electrons. The van der Waals surface area contributed by atoms with Crippen LogP contribution in [0.4, 0.5) is 4.79 Å². The first kappa shape index (κ1) is 23.6. The lowest BCUT2D eigenvalue weighted by atomic mass is 9.90. The number of aliphatic hydroxyl groups excluding tert-OH is 1. The van der Waals surface area contributed by atoms with Crippen LogP contribution < -0.4 is 0 Å². The van der Waals surface area contributed by atoms with Crippen molar-refractivity contribution in [3.63, 3.8) is 0 Å². The van der Waals surface area contributed by atoms with Gasteiger partial charge in [-0.25, -0.2) is 4.79 Å². The van der Waals surface area contributed by atoms with Gasteiger partial charge in [0.2, 0.25) is 5.91 Å². The Morgan fingerprint density at radius 2 is 2.00 bits per heavy atom. The Bertz CT molecular complexity index is 907. The first-order valence-corrected chi connectivity index (χ1v) is 12.7. The zero-order chi connectivity index (χ0) is 23.9. The molecule has 4 unspecified atom stereocenters. The van der Waals surface area contributed by atoms with Gasteiger partial charge in [0.25, 0.3) is 0 Å². The zero-order valence-corrected chi connectivity index (χ0v) is 20.3. The van der Waals surface area contributed by atoms with Crippen molar-refractivity contribution in [2.45, 2.75) is 76.5 Å². The first-order chi connectivity index (χ1) is 16.3. The Hall–Kier alpha value is -2.16. The molecule has 4 atom stereocenters. The Kier molecular flexibility index (Phi) is 6.33. The largest absolute Gasteiger partial charge is 0.445 e. The molecule has 3 heterocycles. The summed E-state index contributed by atoms with van der Waals surface area (Å²) in [6, 6.07) is 8.94. The third-order valence-corrected chi connectivity index (χ3v) is 8.39. The third kappa shape index (κ3) is 4.43. The van der Waals surface area contributed by atoms with Crippen LogP contribution in [0.1, 0.15) is 51.5 Å². The van der Waals surface area contributed by atoms with E-state index in [4.69, 9.17) is 9.47 Å². The van der Waals surface area contributed by atoms with Gasteiger partial charge in [-0.15, -0.1) is 0 Å². The number of likely N-dealkylation sites (tertiary alicyclic amines) is 1. The summed E-state index contributed by atoms with van der Waals surface area (Å²) in [5.74, 6) is -0.0861. The number of hydrogen-bond donors (Lipinski definition) is 1. The van der Waals surface area contributed by atoms with Gasteiger partial charge in [0, 0.05) is 6.54 Å². The van der Waals surface area contributed by atoms with Crippen molar-refractivity contribution in [2.24, 2.45) is 5.41 Å². The quantitative estimate of drug-likeness (QED) is 0.687. The number of amides is 2. The van der Waals surface area contributed by atoms with Gasteiger partial charge in [-0.05, 0) is 70.0 Å². The van der Waals surface area contributed by atoms with Crippen molar-refractivity contribution in [2.75, 3.05) is 32.8 Å². The van der Waals surface area contributed by atoms with Crippen LogP contribution in [0, 0.1) is 5.41 Å². The van der Waals surface area contributed by atoms with E-state index in [-0.39, 0.29) is 30.1 Å². The number of carbonyl (C=O) groups is 2. The fraction of sp³-hybridized carbons (Fsp3) is 0.692. The highest BCUT2D eigenvalue weighted by Crippen LogP contribution is 2.53. The molecule has 0 bridgehead atoms. The van der Waals surface area contributed by atoms with Crippen LogP contribution in [0.2, 0.25) is 0 Å². The number of piperazine rings is 1. The maximum absolute atomic E-state index is 13.4. The normalized spacial score (nSPS) is 32.7. The molecule has 34 heavy (non-hydrogen) atoms. The molecular formula is C26H37N3O5. The predicted octanol–water partition coefficient (Wildman–Crippen LogP) is 2.60. The second kappa shape index (κ2) is 9.13. The molecular weight excluding hydrogens is 434 g/mol. The lowest BCUT2D eigenvalue weighted by molar-refractivity contribution is -0.169. The number of rotatable bonds is 6. The van der Waals surface area contributed by atoms with Crippen LogP contribution in [0.5, 0.6) is 0 Å². The molecule has 1 aromatic rings. The van der Waals surface area contributed by atoms with E-state index in [1.807, 2.05) is 42.2 Å². The lowest BCUT2D eigenvalue weighted by Crippen LogP contribution is -2.67. The number of benzene rings is 1. The molecule has 1 N–H and O–H groups in total. The van der Waals surface area contributed by atoms with Crippen molar-refractivity contribution in [1.82, 2.24) is 14.7 Å². The summed E-state index contributed by atoms with van der Waals surface area (Å²) < 4.78 is 11.6. The predicted molar refractivity (Wildman–Crippen MR) is 126 cm³/mol. The number of nitrogens with zero attached hydrogens (tertiary/aromatic N) is 3. The SMILES string of the molecule is CC1C(=O)N2C(CCCN3CCC4(CC4)C(O)C3)COC2(C)CN1C(=O)OCc1ccccc1. The molecule has 3 aliphatic heterocycles. The summed E-state index contributed by atoms with van der Waals surface area (Å²) in [6.07, 6.45) is 4.55. The van der Waals surface area contributed by atoms with Crippen molar-refractivity contribution in [1.29, 1.82) is 0 Å². The molecule has 4 aliphatic rings. The van der Waals surface area contributed by atoms with E-state index in [0.29, 0.717) is 13.2 Å². The van der Waals surface area contributed by atoms with Gasteiger partial charge in [0.05, 0.1) is 25.3 Å². The fourth-order valence-electron chi connectivity index (χ4n) is 5.94. The minimum absolute atomic E-state index is 0.00641. The topological polar surface area (TPSA) is 82.6 Å². The van der Waals surface area contributed by atoms with E-state index in [0.717, 1.165) is 44.5 Å². The number of β-amino-alcohol motifs (C(OH)–C–C–N with tert-alkyl or cyclic N) is 1. The highest BCUT2D eigenvalue weighted by Gasteiger charge is 2.55. The van der Waals surface area contributed by atoms with Gasteiger partial charge in [-0.1, -0.05) is 30.3 Å². The number of aliphatic hydroxyl groups is 1. The number of piperidine rings is 1. The van der Waals surface area contributed by atoms with Gasteiger partial charge >= 0.3 is 6.09 Å². The highest BCUT2D eigenvalue weighted by molar-refractivity contribution is 5.87. The van der Waals surface area contributed by atoms with E-state index in [1.54, 1.807) is 6.92 Å². The van der Waals surface area contributed by atoms with Crippen LogP contribution in [0.25, 0.3) is 0 Å². The maximum Gasteiger partial charge on any atom is 0.410 e. The van der Waals surface area contributed by atoms with Crippen molar-refractivity contribution < 1.29 is 24.2 Å². The summed E-state index contributed by atoms with van der Waals surface area (Å²) >= 11 is 0. The summed E-state index contributed by atoms with van der Waals surface area (Å²) in [4.78, 5) is 31.9. The summed E-state index contributed by atoms with van der Waals surface area (Å²) in [5, 5.41) is 10.4. The standard InChI is InChI=1S/C26H37N3O5/c1-19-23(31)29-21(9-6-13-27-14-12-26(10-11-26)22(30)15-27)17-34-25(29,2)18-28(19)24(32)33-16-20-7-4-3-5-8-20/h3-5,7-8,19,21-22,30H,6,9-18H2,1-2H3. The number of ether oxygens (including phenoxy) is 2. The molecule has 8 nitrogen and oxygen atoms in total. The highest BCUT2D eigenvalue weighted by atomic mass is 16.6.